The number of hydrogen-bond donors (Lipinski definition) is 1. The van der Waals surface area contributed by atoms with Crippen molar-refractivity contribution in [3.63, 3.8) is 0 Å². The summed E-state index contributed by atoms with van der Waals surface area (Å²) in [7, 11) is 0. The van der Waals surface area contributed by atoms with Crippen molar-refractivity contribution in [2.45, 2.75) is 27.2 Å². The Kier molecular flexibility index (Phi) is 8.05. The highest BCUT2D eigenvalue weighted by Gasteiger charge is 1.93. The lowest BCUT2D eigenvalue weighted by Gasteiger charge is -2.07. The Balaban J connectivity index is 2.96. The molecule has 0 saturated carbocycles. The van der Waals surface area contributed by atoms with Crippen molar-refractivity contribution in [2.75, 3.05) is 26.3 Å². The van der Waals surface area contributed by atoms with E-state index in [0.717, 1.165) is 32.7 Å². The maximum atomic E-state index is 5.42. The SMILES string of the molecule is C=C(C)CCNCCOCC(C)C. The molecule has 78 valence electrons. The minimum Gasteiger partial charge on any atom is -0.380 e. The van der Waals surface area contributed by atoms with Crippen LogP contribution in [0, 0.1) is 5.92 Å². The van der Waals surface area contributed by atoms with Crippen LogP contribution in [-0.2, 0) is 4.74 Å². The molecule has 0 aliphatic rings. The summed E-state index contributed by atoms with van der Waals surface area (Å²) in [6.07, 6.45) is 1.06. The van der Waals surface area contributed by atoms with Crippen LogP contribution in [0.5, 0.6) is 0 Å². The van der Waals surface area contributed by atoms with Crippen LogP contribution in [0.15, 0.2) is 12.2 Å². The molecule has 0 radical (unpaired) electrons. The average molecular weight is 185 g/mol. The molecule has 1 N–H and O–H groups in total. The summed E-state index contributed by atoms with van der Waals surface area (Å²) < 4.78 is 5.42. The number of nitrogens with one attached hydrogen (secondary N) is 1. The van der Waals surface area contributed by atoms with Crippen LogP contribution >= 0.6 is 0 Å². The topological polar surface area (TPSA) is 21.3 Å². The average Bonchev–Trinajstić information content (AvgIpc) is 2.01. The van der Waals surface area contributed by atoms with Crippen LogP contribution < -0.4 is 5.32 Å². The quantitative estimate of drug-likeness (QED) is 0.462. The van der Waals surface area contributed by atoms with Crippen molar-refractivity contribution in [3.8, 4) is 0 Å². The van der Waals surface area contributed by atoms with Gasteiger partial charge in [0.15, 0.2) is 0 Å². The van der Waals surface area contributed by atoms with E-state index in [1.165, 1.54) is 5.57 Å². The minimum atomic E-state index is 0.635. The van der Waals surface area contributed by atoms with Gasteiger partial charge in [0.05, 0.1) is 6.61 Å². The summed E-state index contributed by atoms with van der Waals surface area (Å²) in [5, 5.41) is 3.30. The summed E-state index contributed by atoms with van der Waals surface area (Å²) in [4.78, 5) is 0. The van der Waals surface area contributed by atoms with Crippen molar-refractivity contribution >= 4 is 0 Å². The first-order chi connectivity index (χ1) is 6.13. The molecule has 0 aliphatic carbocycles. The molecule has 0 aliphatic heterocycles. The molecule has 0 rings (SSSR count). The van der Waals surface area contributed by atoms with E-state index in [9.17, 15) is 0 Å². The molecule has 0 aromatic heterocycles. The van der Waals surface area contributed by atoms with Crippen molar-refractivity contribution in [2.24, 2.45) is 5.92 Å². The second kappa shape index (κ2) is 8.27. The van der Waals surface area contributed by atoms with Gasteiger partial charge in [0.1, 0.15) is 0 Å². The van der Waals surface area contributed by atoms with Gasteiger partial charge < -0.3 is 10.1 Å². The Bertz CT molecular complexity index is 132. The van der Waals surface area contributed by atoms with Gasteiger partial charge in [0, 0.05) is 13.2 Å². The molecule has 0 fully saturated rings. The standard InChI is InChI=1S/C11H23NO/c1-10(2)5-6-12-7-8-13-9-11(3)4/h11-12H,1,5-9H2,2-4H3. The predicted molar refractivity (Wildman–Crippen MR) is 58.0 cm³/mol. The third-order valence-corrected chi connectivity index (χ3v) is 1.60. The molecule has 0 unspecified atom stereocenters. The van der Waals surface area contributed by atoms with Gasteiger partial charge in [-0.2, -0.15) is 0 Å². The molecule has 2 nitrogen and oxygen atoms in total. The van der Waals surface area contributed by atoms with Crippen molar-refractivity contribution in [1.82, 2.24) is 5.32 Å². The second-order valence-corrected chi connectivity index (χ2v) is 3.93. The van der Waals surface area contributed by atoms with Crippen LogP contribution in [0.3, 0.4) is 0 Å². The summed E-state index contributed by atoms with van der Waals surface area (Å²) in [6, 6.07) is 0. The largest absolute Gasteiger partial charge is 0.380 e. The molecule has 0 aromatic carbocycles. The molecule has 0 saturated heterocycles. The Morgan fingerprint density at radius 3 is 2.62 bits per heavy atom. The lowest BCUT2D eigenvalue weighted by molar-refractivity contribution is 0.112. The summed E-state index contributed by atoms with van der Waals surface area (Å²) in [5.41, 5.74) is 1.23. The van der Waals surface area contributed by atoms with Crippen LogP contribution in [-0.4, -0.2) is 26.3 Å². The normalized spacial score (nSPS) is 10.8. The molecule has 2 heteroatoms. The smallest absolute Gasteiger partial charge is 0.0591 e. The fraction of sp³-hybridized carbons (Fsp3) is 0.818. The number of rotatable bonds is 8. The van der Waals surface area contributed by atoms with Gasteiger partial charge in [-0.05, 0) is 25.8 Å². The van der Waals surface area contributed by atoms with E-state index >= 15 is 0 Å². The third-order valence-electron chi connectivity index (χ3n) is 1.60. The zero-order chi connectivity index (χ0) is 10.1. The Labute approximate surface area is 82.4 Å². The monoisotopic (exact) mass is 185 g/mol. The van der Waals surface area contributed by atoms with Gasteiger partial charge in [-0.1, -0.05) is 19.4 Å². The summed E-state index contributed by atoms with van der Waals surface area (Å²) in [5.74, 6) is 0.635. The third kappa shape index (κ3) is 11.7. The van der Waals surface area contributed by atoms with Crippen molar-refractivity contribution in [3.05, 3.63) is 12.2 Å². The minimum absolute atomic E-state index is 0.635. The van der Waals surface area contributed by atoms with E-state index in [2.05, 4.69) is 32.7 Å². The molecule has 0 spiro atoms. The zero-order valence-electron chi connectivity index (χ0n) is 9.23. The number of ether oxygens (including phenoxy) is 1. The highest BCUT2D eigenvalue weighted by molar-refractivity contribution is 4.87. The van der Waals surface area contributed by atoms with Gasteiger partial charge >= 0.3 is 0 Å². The van der Waals surface area contributed by atoms with Crippen LogP contribution in [0.1, 0.15) is 27.2 Å². The lowest BCUT2D eigenvalue weighted by atomic mass is 10.2. The van der Waals surface area contributed by atoms with Crippen molar-refractivity contribution < 1.29 is 4.74 Å². The van der Waals surface area contributed by atoms with E-state index in [1.54, 1.807) is 0 Å². The lowest BCUT2D eigenvalue weighted by Crippen LogP contribution is -2.21. The maximum Gasteiger partial charge on any atom is 0.0591 e. The van der Waals surface area contributed by atoms with E-state index < -0.39 is 0 Å². The first-order valence-electron chi connectivity index (χ1n) is 5.05. The molecule has 0 heterocycles. The van der Waals surface area contributed by atoms with Crippen LogP contribution in [0.4, 0.5) is 0 Å². The van der Waals surface area contributed by atoms with Crippen LogP contribution in [0.2, 0.25) is 0 Å². The Morgan fingerprint density at radius 1 is 1.38 bits per heavy atom. The van der Waals surface area contributed by atoms with Gasteiger partial charge in [0.2, 0.25) is 0 Å². The van der Waals surface area contributed by atoms with Crippen LogP contribution in [0.25, 0.3) is 0 Å². The van der Waals surface area contributed by atoms with Crippen molar-refractivity contribution in [1.29, 1.82) is 0 Å². The molecular formula is C11H23NO. The fourth-order valence-corrected chi connectivity index (χ4v) is 0.890. The van der Waals surface area contributed by atoms with E-state index in [4.69, 9.17) is 4.74 Å². The van der Waals surface area contributed by atoms with Gasteiger partial charge in [-0.25, -0.2) is 0 Å². The van der Waals surface area contributed by atoms with E-state index in [-0.39, 0.29) is 0 Å². The molecule has 0 bridgehead atoms. The molecule has 0 atom stereocenters. The van der Waals surface area contributed by atoms with E-state index in [1.807, 2.05) is 0 Å². The molecule has 13 heavy (non-hydrogen) atoms. The fourth-order valence-electron chi connectivity index (χ4n) is 0.890. The van der Waals surface area contributed by atoms with Gasteiger partial charge in [0.25, 0.3) is 0 Å². The predicted octanol–water partition coefficient (Wildman–Crippen LogP) is 2.21. The van der Waals surface area contributed by atoms with Gasteiger partial charge in [-0.3, -0.25) is 0 Å². The highest BCUT2D eigenvalue weighted by Crippen LogP contribution is 1.92. The molecular weight excluding hydrogens is 162 g/mol. The molecule has 0 amide bonds. The summed E-state index contributed by atoms with van der Waals surface area (Å²) >= 11 is 0. The first-order valence-corrected chi connectivity index (χ1v) is 5.05. The highest BCUT2D eigenvalue weighted by atomic mass is 16.5. The maximum absolute atomic E-state index is 5.42. The van der Waals surface area contributed by atoms with E-state index in [0.29, 0.717) is 5.92 Å². The Morgan fingerprint density at radius 2 is 2.08 bits per heavy atom. The summed E-state index contributed by atoms with van der Waals surface area (Å²) in [6.45, 7) is 13.9. The second-order valence-electron chi connectivity index (χ2n) is 3.93. The van der Waals surface area contributed by atoms with Gasteiger partial charge in [-0.15, -0.1) is 6.58 Å². The zero-order valence-corrected chi connectivity index (χ0v) is 9.23. The first kappa shape index (κ1) is 12.7. The number of hydrogen-bond acceptors (Lipinski definition) is 2. The Hall–Kier alpha value is -0.340. The molecule has 0 aromatic rings.